The summed E-state index contributed by atoms with van der Waals surface area (Å²) in [6.45, 7) is 2.19. The van der Waals surface area contributed by atoms with Crippen molar-refractivity contribution < 1.29 is 18.1 Å². The first-order valence-electron chi connectivity index (χ1n) is 8.30. The number of halogens is 3. The number of para-hydroxylation sites is 1. The first-order chi connectivity index (χ1) is 12.2. The molecule has 0 saturated carbocycles. The van der Waals surface area contributed by atoms with Crippen LogP contribution < -0.4 is 5.32 Å². The van der Waals surface area contributed by atoms with Gasteiger partial charge in [-0.1, -0.05) is 12.1 Å². The number of pyridine rings is 1. The second-order valence-electron chi connectivity index (χ2n) is 6.63. The van der Waals surface area contributed by atoms with Crippen molar-refractivity contribution in [1.29, 1.82) is 0 Å². The Bertz CT molecular complexity index is 825. The average Bonchev–Trinajstić information content (AvgIpc) is 2.97. The Morgan fingerprint density at radius 1 is 1.42 bits per heavy atom. The smallest absolute Gasteiger partial charge is 0.384 e. The van der Waals surface area contributed by atoms with Gasteiger partial charge in [-0.3, -0.25) is 15.0 Å². The molecule has 1 fully saturated rings. The van der Waals surface area contributed by atoms with Crippen LogP contribution >= 0.6 is 0 Å². The van der Waals surface area contributed by atoms with E-state index in [0.717, 1.165) is 0 Å². The normalized spacial score (nSPS) is 18.4. The zero-order valence-electron chi connectivity index (χ0n) is 14.2. The first-order valence-corrected chi connectivity index (χ1v) is 8.30. The molecule has 1 aliphatic rings. The third-order valence-electron chi connectivity index (χ3n) is 4.50. The van der Waals surface area contributed by atoms with Gasteiger partial charge in [-0.25, -0.2) is 4.98 Å². The number of nitrogens with zero attached hydrogens (tertiary/aromatic N) is 3. The standard InChI is InChI=1S/C17H19F3N4O2/c1-11-7-14(13-3-2-4-15(24(25)26)16(13)22-11)21-8-12-5-6-23(9-12)10-17(18,19)20/h2-4,7,12H,5-6,8-10H2,1H3,(H,21,22). The van der Waals surface area contributed by atoms with Gasteiger partial charge in [0.25, 0.3) is 5.69 Å². The van der Waals surface area contributed by atoms with Gasteiger partial charge in [0.1, 0.15) is 0 Å². The third-order valence-corrected chi connectivity index (χ3v) is 4.50. The Balaban J connectivity index is 1.74. The predicted octanol–water partition coefficient (Wildman–Crippen LogP) is 3.75. The zero-order chi connectivity index (χ0) is 18.9. The summed E-state index contributed by atoms with van der Waals surface area (Å²) >= 11 is 0. The van der Waals surface area contributed by atoms with Gasteiger partial charge in [0.05, 0.1) is 11.5 Å². The predicted molar refractivity (Wildman–Crippen MR) is 92.2 cm³/mol. The van der Waals surface area contributed by atoms with Gasteiger partial charge in [-0.2, -0.15) is 13.2 Å². The van der Waals surface area contributed by atoms with Crippen LogP contribution in [-0.2, 0) is 0 Å². The van der Waals surface area contributed by atoms with Crippen molar-refractivity contribution in [1.82, 2.24) is 9.88 Å². The maximum absolute atomic E-state index is 12.5. The molecule has 3 rings (SSSR count). The molecular weight excluding hydrogens is 349 g/mol. The lowest BCUT2D eigenvalue weighted by Crippen LogP contribution is -2.33. The Morgan fingerprint density at radius 2 is 2.19 bits per heavy atom. The number of nitrogens with one attached hydrogen (secondary N) is 1. The van der Waals surface area contributed by atoms with E-state index in [2.05, 4.69) is 10.3 Å². The second-order valence-corrected chi connectivity index (χ2v) is 6.63. The number of nitro benzene ring substituents is 1. The van der Waals surface area contributed by atoms with Crippen molar-refractivity contribution in [3.63, 3.8) is 0 Å². The van der Waals surface area contributed by atoms with Crippen LogP contribution in [0.5, 0.6) is 0 Å². The molecule has 2 heterocycles. The Labute approximate surface area is 148 Å². The third kappa shape index (κ3) is 4.21. The van der Waals surface area contributed by atoms with Gasteiger partial charge in [0.2, 0.25) is 0 Å². The molecule has 1 aliphatic heterocycles. The van der Waals surface area contributed by atoms with Crippen LogP contribution in [0.3, 0.4) is 0 Å². The number of hydrogen-bond donors (Lipinski definition) is 1. The molecule has 0 bridgehead atoms. The molecule has 2 aromatic rings. The van der Waals surface area contributed by atoms with Crippen LogP contribution in [-0.4, -0.2) is 47.2 Å². The highest BCUT2D eigenvalue weighted by Crippen LogP contribution is 2.30. The summed E-state index contributed by atoms with van der Waals surface area (Å²) < 4.78 is 37.5. The fraction of sp³-hybridized carbons (Fsp3) is 0.471. The largest absolute Gasteiger partial charge is 0.401 e. The molecule has 1 aromatic carbocycles. The number of alkyl halides is 3. The minimum Gasteiger partial charge on any atom is -0.384 e. The van der Waals surface area contributed by atoms with Crippen molar-refractivity contribution in [3.8, 4) is 0 Å². The number of likely N-dealkylation sites (tertiary alicyclic amines) is 1. The summed E-state index contributed by atoms with van der Waals surface area (Å²) in [5, 5.41) is 15.1. The molecule has 140 valence electrons. The summed E-state index contributed by atoms with van der Waals surface area (Å²) in [6, 6.07) is 6.56. The van der Waals surface area contributed by atoms with E-state index in [0.29, 0.717) is 48.3 Å². The molecule has 6 nitrogen and oxygen atoms in total. The van der Waals surface area contributed by atoms with Gasteiger partial charge in [-0.15, -0.1) is 0 Å². The Morgan fingerprint density at radius 3 is 2.88 bits per heavy atom. The number of nitro groups is 1. The molecule has 9 heteroatoms. The summed E-state index contributed by atoms with van der Waals surface area (Å²) in [5.74, 6) is 0.0968. The van der Waals surface area contributed by atoms with Crippen molar-refractivity contribution in [2.45, 2.75) is 19.5 Å². The van der Waals surface area contributed by atoms with Gasteiger partial charge in [-0.05, 0) is 31.9 Å². The molecule has 1 atom stereocenters. The SMILES string of the molecule is Cc1cc(NCC2CCN(CC(F)(F)F)C2)c2cccc([N+](=O)[O-])c2n1. The maximum atomic E-state index is 12.5. The van der Waals surface area contributed by atoms with E-state index in [4.69, 9.17) is 0 Å². The van der Waals surface area contributed by atoms with Crippen LogP contribution in [0.4, 0.5) is 24.5 Å². The molecule has 26 heavy (non-hydrogen) atoms. The van der Waals surface area contributed by atoms with Crippen molar-refractivity contribution in [2.75, 3.05) is 31.5 Å². The van der Waals surface area contributed by atoms with Crippen molar-refractivity contribution >= 4 is 22.3 Å². The summed E-state index contributed by atoms with van der Waals surface area (Å²) in [7, 11) is 0. The number of rotatable bonds is 5. The molecule has 0 spiro atoms. The minimum absolute atomic E-state index is 0.0635. The van der Waals surface area contributed by atoms with Crippen LogP contribution in [0.2, 0.25) is 0 Å². The summed E-state index contributed by atoms with van der Waals surface area (Å²) in [4.78, 5) is 16.4. The number of benzene rings is 1. The van der Waals surface area contributed by atoms with Crippen LogP contribution in [0.25, 0.3) is 10.9 Å². The van der Waals surface area contributed by atoms with E-state index in [9.17, 15) is 23.3 Å². The van der Waals surface area contributed by atoms with Crippen molar-refractivity contribution in [2.24, 2.45) is 5.92 Å². The average molecular weight is 368 g/mol. The fourth-order valence-electron chi connectivity index (χ4n) is 3.39. The Kier molecular flexibility index (Phi) is 4.99. The maximum Gasteiger partial charge on any atom is 0.401 e. The quantitative estimate of drug-likeness (QED) is 0.643. The van der Waals surface area contributed by atoms with E-state index in [1.807, 2.05) is 0 Å². The van der Waals surface area contributed by atoms with E-state index >= 15 is 0 Å². The molecular formula is C17H19F3N4O2. The van der Waals surface area contributed by atoms with Gasteiger partial charge >= 0.3 is 6.18 Å². The lowest BCUT2D eigenvalue weighted by Gasteiger charge is -2.18. The van der Waals surface area contributed by atoms with Gasteiger partial charge in [0.15, 0.2) is 5.52 Å². The fourth-order valence-corrected chi connectivity index (χ4v) is 3.39. The number of aryl methyl sites for hydroxylation is 1. The topological polar surface area (TPSA) is 71.3 Å². The van der Waals surface area contributed by atoms with Crippen molar-refractivity contribution in [3.05, 3.63) is 40.1 Å². The summed E-state index contributed by atoms with van der Waals surface area (Å²) in [5.41, 5.74) is 1.60. The minimum atomic E-state index is -4.18. The van der Waals surface area contributed by atoms with E-state index in [1.165, 1.54) is 11.0 Å². The molecule has 1 saturated heterocycles. The monoisotopic (exact) mass is 368 g/mol. The highest BCUT2D eigenvalue weighted by atomic mass is 19.4. The molecule has 1 N–H and O–H groups in total. The summed E-state index contributed by atoms with van der Waals surface area (Å²) in [6.07, 6.45) is -3.50. The van der Waals surface area contributed by atoms with Gasteiger partial charge in [0, 0.05) is 35.9 Å². The molecule has 0 aliphatic carbocycles. The zero-order valence-corrected chi connectivity index (χ0v) is 14.2. The van der Waals surface area contributed by atoms with Crippen LogP contribution in [0.15, 0.2) is 24.3 Å². The lowest BCUT2D eigenvalue weighted by molar-refractivity contribution is -0.383. The molecule has 0 radical (unpaired) electrons. The number of fused-ring (bicyclic) bond motifs is 1. The number of non-ortho nitro benzene ring substituents is 1. The van der Waals surface area contributed by atoms with E-state index < -0.39 is 17.6 Å². The van der Waals surface area contributed by atoms with Gasteiger partial charge < -0.3 is 5.32 Å². The van der Waals surface area contributed by atoms with E-state index in [1.54, 1.807) is 25.1 Å². The molecule has 1 unspecified atom stereocenters. The van der Waals surface area contributed by atoms with Crippen LogP contribution in [0.1, 0.15) is 12.1 Å². The lowest BCUT2D eigenvalue weighted by atomic mass is 10.1. The Hall–Kier alpha value is -2.42. The number of anilines is 1. The molecule has 0 amide bonds. The molecule has 1 aromatic heterocycles. The van der Waals surface area contributed by atoms with E-state index in [-0.39, 0.29) is 11.6 Å². The number of aromatic nitrogens is 1. The number of hydrogen-bond acceptors (Lipinski definition) is 5. The highest BCUT2D eigenvalue weighted by molar-refractivity contribution is 5.96. The van der Waals surface area contributed by atoms with Crippen LogP contribution in [0, 0.1) is 23.0 Å². The first kappa shape index (κ1) is 18.4. The highest BCUT2D eigenvalue weighted by Gasteiger charge is 2.34. The second kappa shape index (κ2) is 7.06.